The number of amides is 1. The van der Waals surface area contributed by atoms with E-state index in [1.54, 1.807) is 0 Å². The van der Waals surface area contributed by atoms with E-state index in [-0.39, 0.29) is 16.9 Å². The van der Waals surface area contributed by atoms with Gasteiger partial charge < -0.3 is 5.32 Å². The van der Waals surface area contributed by atoms with E-state index >= 15 is 0 Å². The predicted molar refractivity (Wildman–Crippen MR) is 80.3 cm³/mol. The number of carbonyl (C=O) groups is 1. The molecule has 1 spiro atoms. The Morgan fingerprint density at radius 2 is 1.65 bits per heavy atom. The van der Waals surface area contributed by atoms with Crippen molar-refractivity contribution in [2.24, 2.45) is 5.41 Å². The standard InChI is InChI=1S/C17H24N2O/c1-19(2)17(14-6-4-3-5-7-14)10-8-16(9-11-17)12-13-18-15(16)20/h3-7H,8-13H2,1-2H3,(H,18,20)/t16-,17+. The number of nitrogens with one attached hydrogen (secondary N) is 1. The van der Waals surface area contributed by atoms with Crippen LogP contribution in [0.4, 0.5) is 0 Å². The second kappa shape index (κ2) is 4.88. The lowest BCUT2D eigenvalue weighted by Crippen LogP contribution is -2.48. The molecule has 1 amide bonds. The van der Waals surface area contributed by atoms with E-state index < -0.39 is 0 Å². The zero-order valence-electron chi connectivity index (χ0n) is 12.5. The van der Waals surface area contributed by atoms with Gasteiger partial charge in [-0.2, -0.15) is 0 Å². The summed E-state index contributed by atoms with van der Waals surface area (Å²) >= 11 is 0. The minimum absolute atomic E-state index is 0.0751. The predicted octanol–water partition coefficient (Wildman–Crippen LogP) is 2.52. The maximum absolute atomic E-state index is 12.1. The highest BCUT2D eigenvalue weighted by Gasteiger charge is 2.50. The Morgan fingerprint density at radius 3 is 2.15 bits per heavy atom. The molecular weight excluding hydrogens is 248 g/mol. The first-order valence-electron chi connectivity index (χ1n) is 7.60. The van der Waals surface area contributed by atoms with E-state index in [0.29, 0.717) is 0 Å². The summed E-state index contributed by atoms with van der Waals surface area (Å²) in [4.78, 5) is 14.5. The Hall–Kier alpha value is -1.35. The molecule has 3 nitrogen and oxygen atoms in total. The van der Waals surface area contributed by atoms with E-state index in [1.165, 1.54) is 5.56 Å². The normalized spacial score (nSPS) is 33.6. The van der Waals surface area contributed by atoms with Crippen LogP contribution < -0.4 is 5.32 Å². The number of benzene rings is 1. The summed E-state index contributed by atoms with van der Waals surface area (Å²) in [5.41, 5.74) is 1.40. The Labute approximate surface area is 121 Å². The molecular formula is C17H24N2O. The molecule has 1 aliphatic heterocycles. The lowest BCUT2D eigenvalue weighted by Gasteiger charge is -2.48. The Kier molecular flexibility index (Phi) is 3.33. The van der Waals surface area contributed by atoms with Crippen molar-refractivity contribution in [3.8, 4) is 0 Å². The molecule has 1 saturated heterocycles. The van der Waals surface area contributed by atoms with Gasteiger partial charge in [0.25, 0.3) is 0 Å². The van der Waals surface area contributed by atoms with Crippen LogP contribution in [-0.2, 0) is 10.3 Å². The van der Waals surface area contributed by atoms with Gasteiger partial charge in [-0.25, -0.2) is 0 Å². The highest BCUT2D eigenvalue weighted by atomic mass is 16.2. The van der Waals surface area contributed by atoms with Gasteiger partial charge in [0.2, 0.25) is 5.91 Å². The molecule has 0 bridgehead atoms. The molecule has 1 saturated carbocycles. The van der Waals surface area contributed by atoms with Gasteiger partial charge in [-0.1, -0.05) is 30.3 Å². The minimum Gasteiger partial charge on any atom is -0.356 e. The third-order valence-corrected chi connectivity index (χ3v) is 5.57. The summed E-state index contributed by atoms with van der Waals surface area (Å²) in [6.45, 7) is 0.860. The largest absolute Gasteiger partial charge is 0.356 e. The zero-order chi connectivity index (χ0) is 14.2. The van der Waals surface area contributed by atoms with Gasteiger partial charge in [-0.3, -0.25) is 9.69 Å². The lowest BCUT2D eigenvalue weighted by atomic mass is 9.64. The van der Waals surface area contributed by atoms with Crippen molar-refractivity contribution in [2.75, 3.05) is 20.6 Å². The molecule has 20 heavy (non-hydrogen) atoms. The molecule has 2 aliphatic rings. The highest BCUT2D eigenvalue weighted by Crippen LogP contribution is 2.50. The van der Waals surface area contributed by atoms with Gasteiger partial charge in [0, 0.05) is 12.1 Å². The van der Waals surface area contributed by atoms with Crippen LogP contribution in [0.2, 0.25) is 0 Å². The fourth-order valence-electron chi connectivity index (χ4n) is 4.08. The van der Waals surface area contributed by atoms with Crippen molar-refractivity contribution in [1.29, 1.82) is 0 Å². The van der Waals surface area contributed by atoms with Crippen molar-refractivity contribution in [1.82, 2.24) is 10.2 Å². The van der Waals surface area contributed by atoms with Crippen molar-refractivity contribution >= 4 is 5.91 Å². The van der Waals surface area contributed by atoms with Crippen molar-refractivity contribution in [3.63, 3.8) is 0 Å². The molecule has 2 fully saturated rings. The van der Waals surface area contributed by atoms with Gasteiger partial charge >= 0.3 is 0 Å². The van der Waals surface area contributed by atoms with Gasteiger partial charge in [0.05, 0.1) is 5.41 Å². The number of hydrogen-bond acceptors (Lipinski definition) is 2. The van der Waals surface area contributed by atoms with Crippen LogP contribution in [0, 0.1) is 5.41 Å². The smallest absolute Gasteiger partial charge is 0.226 e. The quantitative estimate of drug-likeness (QED) is 0.897. The van der Waals surface area contributed by atoms with E-state index in [9.17, 15) is 4.79 Å². The highest BCUT2D eigenvalue weighted by molar-refractivity contribution is 5.84. The fourth-order valence-corrected chi connectivity index (χ4v) is 4.08. The summed E-state index contributed by atoms with van der Waals surface area (Å²) in [6, 6.07) is 10.8. The first kappa shape index (κ1) is 13.6. The average Bonchev–Trinajstić information content (AvgIpc) is 2.82. The summed E-state index contributed by atoms with van der Waals surface area (Å²) in [5.74, 6) is 0.290. The van der Waals surface area contributed by atoms with Crippen LogP contribution in [0.25, 0.3) is 0 Å². The zero-order valence-corrected chi connectivity index (χ0v) is 12.5. The first-order chi connectivity index (χ1) is 9.59. The van der Waals surface area contributed by atoms with Crippen LogP contribution >= 0.6 is 0 Å². The fraction of sp³-hybridized carbons (Fsp3) is 0.588. The molecule has 1 aliphatic carbocycles. The first-order valence-corrected chi connectivity index (χ1v) is 7.60. The number of nitrogens with zero attached hydrogens (tertiary/aromatic N) is 1. The van der Waals surface area contributed by atoms with Crippen molar-refractivity contribution < 1.29 is 4.79 Å². The van der Waals surface area contributed by atoms with Gasteiger partial charge in [0.15, 0.2) is 0 Å². The molecule has 3 rings (SSSR count). The van der Waals surface area contributed by atoms with Crippen LogP contribution in [0.15, 0.2) is 30.3 Å². The SMILES string of the molecule is CN(C)[C@]1(c2ccccc2)CC[C@@]2(CCNC2=O)CC1. The topological polar surface area (TPSA) is 32.3 Å². The van der Waals surface area contributed by atoms with E-state index in [0.717, 1.165) is 38.6 Å². The van der Waals surface area contributed by atoms with E-state index in [1.807, 2.05) is 0 Å². The molecule has 0 aromatic heterocycles. The van der Waals surface area contributed by atoms with Crippen LogP contribution in [0.5, 0.6) is 0 Å². The summed E-state index contributed by atoms with van der Waals surface area (Å²) in [6.07, 6.45) is 5.16. The van der Waals surface area contributed by atoms with Crippen LogP contribution in [0.1, 0.15) is 37.7 Å². The summed E-state index contributed by atoms with van der Waals surface area (Å²) in [7, 11) is 4.33. The molecule has 1 aromatic rings. The molecule has 1 heterocycles. The Morgan fingerprint density at radius 1 is 1.00 bits per heavy atom. The Balaban J connectivity index is 1.87. The minimum atomic E-state index is -0.0751. The second-order valence-corrected chi connectivity index (χ2v) is 6.58. The van der Waals surface area contributed by atoms with Gasteiger partial charge in [0.1, 0.15) is 0 Å². The maximum atomic E-state index is 12.1. The molecule has 1 aromatic carbocycles. The van der Waals surface area contributed by atoms with Crippen molar-refractivity contribution in [3.05, 3.63) is 35.9 Å². The molecule has 0 radical (unpaired) electrons. The van der Waals surface area contributed by atoms with E-state index in [2.05, 4.69) is 54.6 Å². The summed E-state index contributed by atoms with van der Waals surface area (Å²) in [5, 5.41) is 3.02. The number of rotatable bonds is 2. The van der Waals surface area contributed by atoms with Crippen LogP contribution in [-0.4, -0.2) is 31.4 Å². The third kappa shape index (κ3) is 1.96. The van der Waals surface area contributed by atoms with Gasteiger partial charge in [-0.15, -0.1) is 0 Å². The molecule has 3 heteroatoms. The molecule has 1 N–H and O–H groups in total. The molecule has 108 valence electrons. The average molecular weight is 272 g/mol. The number of carbonyl (C=O) groups excluding carboxylic acids is 1. The number of hydrogen-bond donors (Lipinski definition) is 1. The Bertz CT molecular complexity index is 487. The monoisotopic (exact) mass is 272 g/mol. The molecule has 0 atom stereocenters. The van der Waals surface area contributed by atoms with Crippen molar-refractivity contribution in [2.45, 2.75) is 37.6 Å². The van der Waals surface area contributed by atoms with Gasteiger partial charge in [-0.05, 0) is 51.8 Å². The van der Waals surface area contributed by atoms with Crippen LogP contribution in [0.3, 0.4) is 0 Å². The lowest BCUT2D eigenvalue weighted by molar-refractivity contribution is -0.131. The third-order valence-electron chi connectivity index (χ3n) is 5.57. The summed E-state index contributed by atoms with van der Waals surface area (Å²) < 4.78 is 0. The molecule has 0 unspecified atom stereocenters. The van der Waals surface area contributed by atoms with E-state index in [4.69, 9.17) is 0 Å². The second-order valence-electron chi connectivity index (χ2n) is 6.58. The maximum Gasteiger partial charge on any atom is 0.226 e.